The third kappa shape index (κ3) is 3.97. The van der Waals surface area contributed by atoms with Gasteiger partial charge >= 0.3 is 0 Å². The SMILES string of the molecule is Nc1cccc(C(=O)NCc2ccc(-n3c(-c4cccnc4N)nc4cccnc43)cc2)c1. The number of nitrogens with one attached hydrogen (secondary N) is 1. The number of benzene rings is 2. The molecule has 162 valence electrons. The molecule has 0 aliphatic rings. The maximum Gasteiger partial charge on any atom is 0.251 e. The molecule has 8 heteroatoms. The standard InChI is InChI=1S/C25H21N7O/c26-18-5-1-4-17(14-18)25(33)30-15-16-8-10-19(11-9-16)32-23(20-6-2-12-28-22(20)27)31-21-7-3-13-29-24(21)32/h1-14H,15,26H2,(H2,27,28)(H,30,33). The molecule has 0 aliphatic heterocycles. The Morgan fingerprint density at radius 3 is 2.48 bits per heavy atom. The van der Waals surface area contributed by atoms with Crippen LogP contribution >= 0.6 is 0 Å². The van der Waals surface area contributed by atoms with Crippen molar-refractivity contribution in [2.75, 3.05) is 11.5 Å². The molecule has 2 aromatic carbocycles. The second-order valence-electron chi connectivity index (χ2n) is 7.53. The molecule has 0 saturated heterocycles. The van der Waals surface area contributed by atoms with Gasteiger partial charge < -0.3 is 16.8 Å². The zero-order valence-corrected chi connectivity index (χ0v) is 17.6. The summed E-state index contributed by atoms with van der Waals surface area (Å²) in [7, 11) is 0. The molecule has 0 spiro atoms. The van der Waals surface area contributed by atoms with Gasteiger partial charge in [-0.3, -0.25) is 9.36 Å². The van der Waals surface area contributed by atoms with Gasteiger partial charge in [-0.25, -0.2) is 15.0 Å². The minimum Gasteiger partial charge on any atom is -0.399 e. The monoisotopic (exact) mass is 435 g/mol. The largest absolute Gasteiger partial charge is 0.399 e. The lowest BCUT2D eigenvalue weighted by atomic mass is 10.1. The van der Waals surface area contributed by atoms with E-state index < -0.39 is 0 Å². The molecule has 3 heterocycles. The molecule has 1 amide bonds. The highest BCUT2D eigenvalue weighted by Crippen LogP contribution is 2.30. The molecule has 0 aliphatic carbocycles. The number of amides is 1. The Hall–Kier alpha value is -4.72. The zero-order valence-electron chi connectivity index (χ0n) is 17.6. The molecule has 0 atom stereocenters. The zero-order chi connectivity index (χ0) is 22.8. The summed E-state index contributed by atoms with van der Waals surface area (Å²) in [4.78, 5) is 25.9. The number of rotatable bonds is 5. The third-order valence-electron chi connectivity index (χ3n) is 5.29. The first-order valence-electron chi connectivity index (χ1n) is 10.4. The van der Waals surface area contributed by atoms with Crippen molar-refractivity contribution in [1.82, 2.24) is 24.8 Å². The molecule has 0 bridgehead atoms. The average molecular weight is 435 g/mol. The van der Waals surface area contributed by atoms with Gasteiger partial charge in [0.1, 0.15) is 11.3 Å². The average Bonchev–Trinajstić information content (AvgIpc) is 3.22. The van der Waals surface area contributed by atoms with Crippen LogP contribution in [0.3, 0.4) is 0 Å². The summed E-state index contributed by atoms with van der Waals surface area (Å²) in [6.07, 6.45) is 3.38. The van der Waals surface area contributed by atoms with Crippen LogP contribution in [0.4, 0.5) is 11.5 Å². The van der Waals surface area contributed by atoms with Gasteiger partial charge in [0.2, 0.25) is 0 Å². The summed E-state index contributed by atoms with van der Waals surface area (Å²) in [5.74, 6) is 0.887. The molecular weight excluding hydrogens is 414 g/mol. The molecular formula is C25H21N7O. The van der Waals surface area contributed by atoms with E-state index in [1.807, 2.05) is 53.1 Å². The van der Waals surface area contributed by atoms with E-state index in [0.717, 1.165) is 28.0 Å². The van der Waals surface area contributed by atoms with Crippen molar-refractivity contribution < 1.29 is 4.79 Å². The predicted molar refractivity (Wildman–Crippen MR) is 129 cm³/mol. The quantitative estimate of drug-likeness (QED) is 0.363. The summed E-state index contributed by atoms with van der Waals surface area (Å²) in [5, 5.41) is 2.92. The lowest BCUT2D eigenvalue weighted by molar-refractivity contribution is 0.0951. The van der Waals surface area contributed by atoms with E-state index in [0.29, 0.717) is 29.4 Å². The number of nitrogens with two attached hydrogens (primary N) is 2. The number of aromatic nitrogens is 4. The highest BCUT2D eigenvalue weighted by Gasteiger charge is 2.17. The summed E-state index contributed by atoms with van der Waals surface area (Å²) in [5.41, 5.74) is 17.0. The number of nitrogens with zero attached hydrogens (tertiary/aromatic N) is 4. The molecule has 33 heavy (non-hydrogen) atoms. The van der Waals surface area contributed by atoms with Crippen LogP contribution in [0.1, 0.15) is 15.9 Å². The van der Waals surface area contributed by atoms with Crippen LogP contribution in [0.25, 0.3) is 28.2 Å². The van der Waals surface area contributed by atoms with Crippen LogP contribution in [0, 0.1) is 0 Å². The first-order chi connectivity index (χ1) is 16.1. The molecule has 0 unspecified atom stereocenters. The maximum atomic E-state index is 12.4. The molecule has 0 fully saturated rings. The van der Waals surface area contributed by atoms with Gasteiger partial charge in [0.25, 0.3) is 5.91 Å². The van der Waals surface area contributed by atoms with Gasteiger partial charge in [0.15, 0.2) is 11.5 Å². The Labute approximate surface area is 189 Å². The highest BCUT2D eigenvalue weighted by molar-refractivity contribution is 5.95. The summed E-state index contributed by atoms with van der Waals surface area (Å²) >= 11 is 0. The van der Waals surface area contributed by atoms with E-state index in [4.69, 9.17) is 16.5 Å². The van der Waals surface area contributed by atoms with Gasteiger partial charge in [-0.1, -0.05) is 18.2 Å². The third-order valence-corrected chi connectivity index (χ3v) is 5.29. The fourth-order valence-electron chi connectivity index (χ4n) is 3.67. The Morgan fingerprint density at radius 2 is 1.70 bits per heavy atom. The number of carbonyl (C=O) groups is 1. The summed E-state index contributed by atoms with van der Waals surface area (Å²) < 4.78 is 1.96. The molecule has 8 nitrogen and oxygen atoms in total. The first kappa shape index (κ1) is 20.2. The maximum absolute atomic E-state index is 12.4. The second kappa shape index (κ2) is 8.43. The van der Waals surface area contributed by atoms with Crippen LogP contribution < -0.4 is 16.8 Å². The van der Waals surface area contributed by atoms with Crippen LogP contribution in [0.2, 0.25) is 0 Å². The fraction of sp³-hybridized carbons (Fsp3) is 0.0400. The molecule has 5 rings (SSSR count). The van der Waals surface area contributed by atoms with Gasteiger partial charge in [0, 0.05) is 35.9 Å². The molecule has 0 saturated carbocycles. The number of hydrogen-bond acceptors (Lipinski definition) is 6. The molecule has 0 radical (unpaired) electrons. The molecule has 3 aromatic heterocycles. The second-order valence-corrected chi connectivity index (χ2v) is 7.53. The van der Waals surface area contributed by atoms with Crippen molar-refractivity contribution in [1.29, 1.82) is 0 Å². The number of imidazole rings is 1. The Balaban J connectivity index is 1.45. The van der Waals surface area contributed by atoms with Gasteiger partial charge in [-0.15, -0.1) is 0 Å². The van der Waals surface area contributed by atoms with Gasteiger partial charge in [0.05, 0.1) is 5.56 Å². The van der Waals surface area contributed by atoms with Crippen LogP contribution in [-0.4, -0.2) is 25.4 Å². The van der Waals surface area contributed by atoms with Crippen molar-refractivity contribution >= 4 is 28.6 Å². The minimum absolute atomic E-state index is 0.175. The van der Waals surface area contributed by atoms with Crippen molar-refractivity contribution in [2.45, 2.75) is 6.54 Å². The number of anilines is 2. The van der Waals surface area contributed by atoms with E-state index in [2.05, 4.69) is 15.3 Å². The van der Waals surface area contributed by atoms with Crippen molar-refractivity contribution in [3.8, 4) is 17.1 Å². The number of carbonyl (C=O) groups excluding carboxylic acids is 1. The molecule has 5 aromatic rings. The predicted octanol–water partition coefficient (Wildman–Crippen LogP) is 3.58. The fourth-order valence-corrected chi connectivity index (χ4v) is 3.67. The number of nitrogen functional groups attached to an aromatic ring is 2. The Bertz CT molecular complexity index is 1460. The van der Waals surface area contributed by atoms with E-state index in [-0.39, 0.29) is 5.91 Å². The van der Waals surface area contributed by atoms with Crippen molar-refractivity contribution in [3.63, 3.8) is 0 Å². The van der Waals surface area contributed by atoms with Crippen molar-refractivity contribution in [3.05, 3.63) is 96.3 Å². The highest BCUT2D eigenvalue weighted by atomic mass is 16.1. The lowest BCUT2D eigenvalue weighted by Crippen LogP contribution is -2.22. The summed E-state index contributed by atoms with van der Waals surface area (Å²) in [6.45, 7) is 0.388. The smallest absolute Gasteiger partial charge is 0.251 e. The first-order valence-corrected chi connectivity index (χ1v) is 10.4. The normalized spacial score (nSPS) is 10.9. The van der Waals surface area contributed by atoms with Crippen molar-refractivity contribution in [2.24, 2.45) is 0 Å². The van der Waals surface area contributed by atoms with E-state index in [1.54, 1.807) is 36.7 Å². The van der Waals surface area contributed by atoms with Crippen LogP contribution in [0.15, 0.2) is 85.2 Å². The van der Waals surface area contributed by atoms with E-state index in [9.17, 15) is 4.79 Å². The number of fused-ring (bicyclic) bond motifs is 1. The Kier molecular flexibility index (Phi) is 5.16. The Morgan fingerprint density at radius 1 is 0.909 bits per heavy atom. The number of hydrogen-bond donors (Lipinski definition) is 3. The van der Waals surface area contributed by atoms with Crippen LogP contribution in [-0.2, 0) is 6.54 Å². The lowest BCUT2D eigenvalue weighted by Gasteiger charge is -2.11. The number of pyridine rings is 2. The summed E-state index contributed by atoms with van der Waals surface area (Å²) in [6, 6.07) is 22.2. The van der Waals surface area contributed by atoms with Gasteiger partial charge in [-0.2, -0.15) is 0 Å². The topological polar surface area (TPSA) is 125 Å². The minimum atomic E-state index is -0.175. The van der Waals surface area contributed by atoms with Gasteiger partial charge in [-0.05, 0) is 60.2 Å². The molecule has 5 N–H and O–H groups in total. The van der Waals surface area contributed by atoms with Crippen LogP contribution in [0.5, 0.6) is 0 Å². The van der Waals surface area contributed by atoms with E-state index >= 15 is 0 Å². The van der Waals surface area contributed by atoms with E-state index in [1.165, 1.54) is 0 Å².